The van der Waals surface area contributed by atoms with Crippen LogP contribution in [0.1, 0.15) is 19.7 Å². The summed E-state index contributed by atoms with van der Waals surface area (Å²) in [5, 5.41) is 3.92. The largest absolute Gasteiger partial charge is 0.489 e. The fourth-order valence-corrected chi connectivity index (χ4v) is 4.69. The van der Waals surface area contributed by atoms with Crippen LogP contribution >= 0.6 is 11.3 Å². The van der Waals surface area contributed by atoms with Gasteiger partial charge < -0.3 is 14.6 Å². The Morgan fingerprint density at radius 1 is 1.17 bits per heavy atom. The number of aryl methyl sites for hydroxylation is 2. The Morgan fingerprint density at radius 3 is 2.62 bits per heavy atom. The van der Waals surface area contributed by atoms with Gasteiger partial charge in [0.1, 0.15) is 17.1 Å². The monoisotopic (exact) mass is 430 g/mol. The molecule has 0 spiro atoms. The number of rotatable bonds is 5. The van der Waals surface area contributed by atoms with Crippen molar-refractivity contribution in [2.75, 3.05) is 11.6 Å². The summed E-state index contributed by atoms with van der Waals surface area (Å²) in [6, 6.07) is 8.81. The highest BCUT2D eigenvalue weighted by atomic mass is 32.2. The molecule has 152 valence electrons. The number of nitrogens with one attached hydrogen (secondary N) is 1. The number of benzene rings is 2. The zero-order chi connectivity index (χ0) is 20.9. The summed E-state index contributed by atoms with van der Waals surface area (Å²) in [6.07, 6.45) is 1.14. The second kappa shape index (κ2) is 7.00. The molecule has 0 aliphatic heterocycles. The predicted molar refractivity (Wildman–Crippen MR) is 117 cm³/mol. The standard InChI is InChI=1S/C20H22N4O3S2/c1-11(2)27-16-8-6-13(29(5,25)26)10-15(16)22-20-23-18-17(28-20)9-7-14-19(18)24(4)12(3)21-14/h6-11H,1-5H3,(H,22,23). The highest BCUT2D eigenvalue weighted by Gasteiger charge is 2.16. The third-order valence-electron chi connectivity index (χ3n) is 4.60. The van der Waals surface area contributed by atoms with Crippen molar-refractivity contribution in [1.29, 1.82) is 0 Å². The van der Waals surface area contributed by atoms with Crippen LogP contribution in [0.4, 0.5) is 10.8 Å². The van der Waals surface area contributed by atoms with Gasteiger partial charge >= 0.3 is 0 Å². The lowest BCUT2D eigenvalue weighted by atomic mass is 10.3. The first-order valence-corrected chi connectivity index (χ1v) is 11.8. The van der Waals surface area contributed by atoms with E-state index in [2.05, 4.69) is 10.3 Å². The number of hydrogen-bond donors (Lipinski definition) is 1. The van der Waals surface area contributed by atoms with Crippen LogP contribution in [0.25, 0.3) is 21.3 Å². The molecule has 9 heteroatoms. The first-order valence-electron chi connectivity index (χ1n) is 9.14. The van der Waals surface area contributed by atoms with Crippen LogP contribution in [0.2, 0.25) is 0 Å². The van der Waals surface area contributed by atoms with Crippen LogP contribution in [-0.4, -0.2) is 35.3 Å². The molecule has 2 aromatic heterocycles. The SMILES string of the molecule is Cc1nc2ccc3sc(Nc4cc(S(C)(=O)=O)ccc4OC(C)C)nc3c2n1C. The van der Waals surface area contributed by atoms with E-state index in [0.717, 1.165) is 27.1 Å². The molecule has 0 amide bonds. The maximum absolute atomic E-state index is 12.0. The van der Waals surface area contributed by atoms with Gasteiger partial charge in [-0.2, -0.15) is 0 Å². The molecule has 4 aromatic rings. The second-order valence-corrected chi connectivity index (χ2v) is 10.3. The smallest absolute Gasteiger partial charge is 0.188 e. The fraction of sp³-hybridized carbons (Fsp3) is 0.300. The number of aromatic nitrogens is 3. The van der Waals surface area contributed by atoms with Crippen molar-refractivity contribution in [2.24, 2.45) is 7.05 Å². The number of fused-ring (bicyclic) bond motifs is 3. The first-order chi connectivity index (χ1) is 13.6. The van der Waals surface area contributed by atoms with E-state index >= 15 is 0 Å². The van der Waals surface area contributed by atoms with E-state index in [4.69, 9.17) is 9.72 Å². The van der Waals surface area contributed by atoms with Gasteiger partial charge in [-0.15, -0.1) is 0 Å². The lowest BCUT2D eigenvalue weighted by Crippen LogP contribution is -2.08. The minimum Gasteiger partial charge on any atom is -0.489 e. The van der Waals surface area contributed by atoms with Gasteiger partial charge in [0.05, 0.1) is 32.4 Å². The molecule has 7 nitrogen and oxygen atoms in total. The Balaban J connectivity index is 1.82. The number of anilines is 2. The van der Waals surface area contributed by atoms with E-state index in [-0.39, 0.29) is 11.0 Å². The van der Waals surface area contributed by atoms with Crippen LogP contribution in [0.5, 0.6) is 5.75 Å². The lowest BCUT2D eigenvalue weighted by Gasteiger charge is -2.15. The number of imidazole rings is 1. The molecule has 0 saturated carbocycles. The Labute approximate surface area is 173 Å². The summed E-state index contributed by atoms with van der Waals surface area (Å²) in [5.74, 6) is 1.50. The highest BCUT2D eigenvalue weighted by molar-refractivity contribution is 7.90. The highest BCUT2D eigenvalue weighted by Crippen LogP contribution is 2.36. The average molecular weight is 431 g/mol. The van der Waals surface area contributed by atoms with Gasteiger partial charge in [-0.05, 0) is 51.1 Å². The molecule has 0 bridgehead atoms. The summed E-state index contributed by atoms with van der Waals surface area (Å²) < 4.78 is 32.9. The zero-order valence-corrected chi connectivity index (χ0v) is 18.5. The third kappa shape index (κ3) is 3.67. The van der Waals surface area contributed by atoms with E-state index in [9.17, 15) is 8.42 Å². The van der Waals surface area contributed by atoms with Gasteiger partial charge in [0.15, 0.2) is 15.0 Å². The minimum absolute atomic E-state index is 0.0490. The fourth-order valence-electron chi connectivity index (χ4n) is 3.16. The van der Waals surface area contributed by atoms with Gasteiger partial charge in [-0.25, -0.2) is 18.4 Å². The minimum atomic E-state index is -3.34. The molecule has 4 rings (SSSR count). The summed E-state index contributed by atoms with van der Waals surface area (Å²) in [6.45, 7) is 5.81. The van der Waals surface area contributed by atoms with Crippen LogP contribution in [0, 0.1) is 6.92 Å². The van der Waals surface area contributed by atoms with Crippen molar-refractivity contribution in [3.63, 3.8) is 0 Å². The molecule has 1 N–H and O–H groups in total. The van der Waals surface area contributed by atoms with Crippen LogP contribution in [0.3, 0.4) is 0 Å². The Bertz CT molecular complexity index is 1340. The van der Waals surface area contributed by atoms with Crippen molar-refractivity contribution >= 4 is 53.2 Å². The van der Waals surface area contributed by atoms with Gasteiger partial charge in [0.25, 0.3) is 0 Å². The summed E-state index contributed by atoms with van der Waals surface area (Å²) >= 11 is 1.50. The van der Waals surface area contributed by atoms with Crippen molar-refractivity contribution in [1.82, 2.24) is 14.5 Å². The molecular formula is C20H22N4O3S2. The van der Waals surface area contributed by atoms with Gasteiger partial charge in [-0.3, -0.25) is 0 Å². The van der Waals surface area contributed by atoms with Crippen LogP contribution < -0.4 is 10.1 Å². The van der Waals surface area contributed by atoms with Crippen LogP contribution in [-0.2, 0) is 16.9 Å². The molecule has 0 aliphatic rings. The molecule has 0 unspecified atom stereocenters. The topological polar surface area (TPSA) is 86.1 Å². The summed E-state index contributed by atoms with van der Waals surface area (Å²) in [7, 11) is -1.37. The van der Waals surface area contributed by atoms with Gasteiger partial charge in [0, 0.05) is 13.3 Å². The average Bonchev–Trinajstić information content (AvgIpc) is 3.15. The third-order valence-corrected chi connectivity index (χ3v) is 6.65. The van der Waals surface area contributed by atoms with E-state index in [1.54, 1.807) is 18.2 Å². The Kier molecular flexibility index (Phi) is 4.74. The number of nitrogens with zero attached hydrogens (tertiary/aromatic N) is 3. The lowest BCUT2D eigenvalue weighted by molar-refractivity contribution is 0.243. The number of hydrogen-bond acceptors (Lipinski definition) is 7. The number of ether oxygens (including phenoxy) is 1. The number of sulfone groups is 1. The zero-order valence-electron chi connectivity index (χ0n) is 16.8. The molecule has 2 heterocycles. The van der Waals surface area contributed by atoms with E-state index < -0.39 is 9.84 Å². The molecule has 0 atom stereocenters. The first kappa shape index (κ1) is 19.7. The predicted octanol–water partition coefficient (Wildman–Crippen LogP) is 4.43. The molecule has 0 aliphatic carbocycles. The molecular weight excluding hydrogens is 408 g/mol. The van der Waals surface area contributed by atoms with E-state index in [1.807, 2.05) is 44.5 Å². The maximum Gasteiger partial charge on any atom is 0.188 e. The number of thiazole rings is 1. The molecule has 0 radical (unpaired) electrons. The summed E-state index contributed by atoms with van der Waals surface area (Å²) in [5.41, 5.74) is 3.31. The molecule has 29 heavy (non-hydrogen) atoms. The molecule has 0 fully saturated rings. The van der Waals surface area contributed by atoms with Crippen molar-refractivity contribution in [3.8, 4) is 5.75 Å². The summed E-state index contributed by atoms with van der Waals surface area (Å²) in [4.78, 5) is 9.55. The Hall–Kier alpha value is -2.65. The van der Waals surface area contributed by atoms with Crippen molar-refractivity contribution in [3.05, 3.63) is 36.2 Å². The Morgan fingerprint density at radius 2 is 1.93 bits per heavy atom. The van der Waals surface area contributed by atoms with Crippen molar-refractivity contribution in [2.45, 2.75) is 31.8 Å². The quantitative estimate of drug-likeness (QED) is 0.504. The van der Waals surface area contributed by atoms with E-state index in [0.29, 0.717) is 16.6 Å². The van der Waals surface area contributed by atoms with E-state index in [1.165, 1.54) is 17.6 Å². The van der Waals surface area contributed by atoms with Gasteiger partial charge in [-0.1, -0.05) is 11.3 Å². The maximum atomic E-state index is 12.0. The normalized spacial score (nSPS) is 12.2. The van der Waals surface area contributed by atoms with Crippen molar-refractivity contribution < 1.29 is 13.2 Å². The molecule has 2 aromatic carbocycles. The molecule has 0 saturated heterocycles. The van der Waals surface area contributed by atoms with Gasteiger partial charge in [0.2, 0.25) is 0 Å². The van der Waals surface area contributed by atoms with Crippen LogP contribution in [0.15, 0.2) is 35.2 Å². The second-order valence-electron chi connectivity index (χ2n) is 7.24.